The van der Waals surface area contributed by atoms with Crippen LogP contribution in [0.4, 0.5) is 0 Å². The van der Waals surface area contributed by atoms with E-state index in [1.54, 1.807) is 11.3 Å². The minimum Gasteiger partial charge on any atom is -0.456 e. The van der Waals surface area contributed by atoms with Gasteiger partial charge in [0.2, 0.25) is 0 Å². The summed E-state index contributed by atoms with van der Waals surface area (Å²) in [6, 6.07) is 18.3. The van der Waals surface area contributed by atoms with Gasteiger partial charge in [-0.15, -0.1) is 11.3 Å². The van der Waals surface area contributed by atoms with Crippen LogP contribution in [0.1, 0.15) is 15.1 Å². The molecule has 9 aromatic rings. The van der Waals surface area contributed by atoms with Gasteiger partial charge in [-0.1, -0.05) is 121 Å². The van der Waals surface area contributed by atoms with Gasteiger partial charge < -0.3 is 4.42 Å². The third-order valence-electron chi connectivity index (χ3n) is 7.65. The van der Waals surface area contributed by atoms with Gasteiger partial charge in [0.15, 0.2) is 17.5 Å². The molecule has 0 aliphatic heterocycles. The monoisotopic (exact) mass is 618 g/mol. The fraction of sp³-hybridized carbons (Fsp3) is 0. The summed E-state index contributed by atoms with van der Waals surface area (Å²) >= 11 is 1.66. The molecule has 0 bridgehead atoms. The van der Waals surface area contributed by atoms with Crippen molar-refractivity contribution in [2.24, 2.45) is 0 Å². The molecule has 46 heavy (non-hydrogen) atoms. The van der Waals surface area contributed by atoms with Crippen molar-refractivity contribution in [2.75, 3.05) is 0 Å². The molecule has 216 valence electrons. The summed E-state index contributed by atoms with van der Waals surface area (Å²) < 4.78 is 103. The van der Waals surface area contributed by atoms with Crippen molar-refractivity contribution in [3.63, 3.8) is 0 Å². The highest BCUT2D eigenvalue weighted by Gasteiger charge is 2.17. The fourth-order valence-corrected chi connectivity index (χ4v) is 6.43. The van der Waals surface area contributed by atoms with E-state index in [0.717, 1.165) is 16.5 Å². The Kier molecular flexibility index (Phi) is 4.16. The normalized spacial score (nSPS) is 14.8. The number of furan rings is 1. The van der Waals surface area contributed by atoms with E-state index in [1.165, 1.54) is 4.70 Å². The van der Waals surface area contributed by atoms with Crippen molar-refractivity contribution in [1.29, 1.82) is 0 Å². The maximum absolute atomic E-state index is 9.39. The second-order valence-corrected chi connectivity index (χ2v) is 11.3. The molecular weight excluding hydrogens is 583 g/mol. The lowest BCUT2D eigenvalue weighted by Gasteiger charge is -2.09. The Hall–Kier alpha value is -5.91. The van der Waals surface area contributed by atoms with Crippen LogP contribution in [-0.4, -0.2) is 15.0 Å². The number of fused-ring (bicyclic) bond motifs is 4. The first-order chi connectivity index (χ1) is 27.4. The molecule has 0 N–H and O–H groups in total. The highest BCUT2D eigenvalue weighted by molar-refractivity contribution is 7.17. The first-order valence-electron chi connectivity index (χ1n) is 19.8. The van der Waals surface area contributed by atoms with E-state index >= 15 is 0 Å². The third-order valence-corrected chi connectivity index (χ3v) is 8.61. The third kappa shape index (κ3) is 4.57. The average molecular weight is 619 g/mol. The van der Waals surface area contributed by atoms with Crippen molar-refractivity contribution in [3.05, 3.63) is 151 Å². The second-order valence-electron chi connectivity index (χ2n) is 10.4. The van der Waals surface area contributed by atoms with Gasteiger partial charge in [-0.05, 0) is 46.3 Å². The van der Waals surface area contributed by atoms with Crippen LogP contribution in [0.15, 0.2) is 155 Å². The van der Waals surface area contributed by atoms with E-state index in [2.05, 4.69) is 22.5 Å². The molecule has 0 saturated carbocycles. The Labute approximate surface area is 284 Å². The smallest absolute Gasteiger partial charge is 0.164 e. The number of nitrogens with zero attached hydrogens (tertiary/aromatic N) is 3. The summed E-state index contributed by atoms with van der Waals surface area (Å²) in [4.78, 5) is 14.2. The Bertz CT molecular complexity index is 3120. The van der Waals surface area contributed by atoms with E-state index in [-0.39, 0.29) is 50.5 Å². The molecule has 0 aliphatic carbocycles. The van der Waals surface area contributed by atoms with Crippen LogP contribution in [0.5, 0.6) is 0 Å². The summed E-state index contributed by atoms with van der Waals surface area (Å²) in [5.74, 6) is 0.385. The highest BCUT2D eigenvalue weighted by atomic mass is 32.1. The van der Waals surface area contributed by atoms with Crippen LogP contribution < -0.4 is 0 Å². The lowest BCUT2D eigenvalue weighted by molar-refractivity contribution is 0.669. The van der Waals surface area contributed by atoms with Gasteiger partial charge in [-0.2, -0.15) is 0 Å². The molecule has 0 fully saturated rings. The van der Waals surface area contributed by atoms with Crippen molar-refractivity contribution in [3.8, 4) is 56.4 Å². The molecule has 6 aromatic carbocycles. The zero-order valence-corrected chi connectivity index (χ0v) is 24.6. The first-order valence-corrected chi connectivity index (χ1v) is 15.2. The summed E-state index contributed by atoms with van der Waals surface area (Å²) in [7, 11) is 0. The summed E-state index contributed by atoms with van der Waals surface area (Å²) in [5, 5.41) is 2.87. The van der Waals surface area contributed by atoms with Gasteiger partial charge in [0.1, 0.15) is 11.2 Å². The van der Waals surface area contributed by atoms with E-state index in [0.29, 0.717) is 11.1 Å². The summed E-state index contributed by atoms with van der Waals surface area (Å²) in [6.45, 7) is 0. The molecule has 9 rings (SSSR count). The molecule has 4 nitrogen and oxygen atoms in total. The Morgan fingerprint density at radius 1 is 0.500 bits per heavy atom. The van der Waals surface area contributed by atoms with Gasteiger partial charge in [-0.25, -0.2) is 15.0 Å². The quantitative estimate of drug-likeness (QED) is 0.193. The van der Waals surface area contributed by atoms with Gasteiger partial charge in [0, 0.05) is 43.1 Å². The van der Waals surface area contributed by atoms with Crippen molar-refractivity contribution < 1.29 is 19.5 Å². The zero-order chi connectivity index (χ0) is 40.0. The first kappa shape index (κ1) is 17.5. The van der Waals surface area contributed by atoms with Gasteiger partial charge in [-0.3, -0.25) is 0 Å². The van der Waals surface area contributed by atoms with E-state index in [1.807, 2.05) is 66.7 Å². The molecular formula is C41H25N3OS. The zero-order valence-electron chi connectivity index (χ0n) is 34.7. The standard InChI is InChI=1S/C41H25N3OS/c1-3-10-26(11-4-1)31-15-9-16-35-38(31)33-23-22-30(24-36(33)45-35)41-43-39(28-12-5-2-6-13-28)42-40(44-41)29-20-18-27(19-21-29)34-25-46-37-17-8-7-14-32(34)37/h1-25H/i1D,3D,4D,9D,10D,11D,15D,16D,22D,23D,24D. The molecule has 0 atom stereocenters. The molecule has 0 unspecified atom stereocenters. The minimum atomic E-state index is -0.682. The van der Waals surface area contributed by atoms with Crippen LogP contribution in [0.2, 0.25) is 0 Å². The molecule has 0 aliphatic rings. The SMILES string of the molecule is [2H]c1c([2H])c([2H])c(-c2c([2H])c([2H])c([2H])c3oc4c([2H])c(-c5nc(-c6ccccc6)nc(-c6ccc(-c7csc8ccccc78)cc6)n5)c([2H])c([2H])c4c23)c([2H])c1[2H]. The number of aromatic nitrogens is 3. The molecule has 0 spiro atoms. The average Bonchev–Trinajstić information content (AvgIpc) is 3.85. The van der Waals surface area contributed by atoms with Crippen LogP contribution in [-0.2, 0) is 0 Å². The summed E-state index contributed by atoms with van der Waals surface area (Å²) in [6.07, 6.45) is 0. The topological polar surface area (TPSA) is 51.8 Å². The lowest BCUT2D eigenvalue weighted by Crippen LogP contribution is -2.00. The van der Waals surface area contributed by atoms with E-state index in [4.69, 9.17) is 25.4 Å². The van der Waals surface area contributed by atoms with Crippen molar-refractivity contribution >= 4 is 43.4 Å². The number of hydrogen-bond donors (Lipinski definition) is 0. The Morgan fingerprint density at radius 2 is 1.20 bits per heavy atom. The molecule has 5 heteroatoms. The number of hydrogen-bond acceptors (Lipinski definition) is 5. The molecule has 0 saturated heterocycles. The van der Waals surface area contributed by atoms with Crippen LogP contribution in [0.3, 0.4) is 0 Å². The fourth-order valence-electron chi connectivity index (χ4n) is 5.46. The van der Waals surface area contributed by atoms with Gasteiger partial charge >= 0.3 is 0 Å². The molecule has 0 amide bonds. The predicted octanol–water partition coefficient (Wildman–Crippen LogP) is 11.3. The highest BCUT2D eigenvalue weighted by Crippen LogP contribution is 2.39. The maximum Gasteiger partial charge on any atom is 0.164 e. The maximum atomic E-state index is 9.39. The van der Waals surface area contributed by atoms with Crippen molar-refractivity contribution in [2.45, 2.75) is 0 Å². The summed E-state index contributed by atoms with van der Waals surface area (Å²) in [5.41, 5.74) is 1.76. The number of thiophene rings is 1. The van der Waals surface area contributed by atoms with Crippen LogP contribution in [0, 0.1) is 0 Å². The lowest BCUT2D eigenvalue weighted by atomic mass is 9.99. The Balaban J connectivity index is 1.28. The molecule has 3 aromatic heterocycles. The van der Waals surface area contributed by atoms with Crippen LogP contribution >= 0.6 is 11.3 Å². The Morgan fingerprint density at radius 3 is 2.00 bits per heavy atom. The largest absolute Gasteiger partial charge is 0.456 e. The van der Waals surface area contributed by atoms with Crippen molar-refractivity contribution in [1.82, 2.24) is 15.0 Å². The number of benzene rings is 6. The second kappa shape index (κ2) is 10.9. The number of rotatable bonds is 5. The predicted molar refractivity (Wildman–Crippen MR) is 190 cm³/mol. The molecule has 0 radical (unpaired) electrons. The van der Waals surface area contributed by atoms with Gasteiger partial charge in [0.05, 0.1) is 15.1 Å². The molecule has 3 heterocycles. The minimum absolute atomic E-state index is 0.100. The van der Waals surface area contributed by atoms with E-state index < -0.39 is 72.0 Å². The van der Waals surface area contributed by atoms with Crippen LogP contribution in [0.25, 0.3) is 88.4 Å². The van der Waals surface area contributed by atoms with Gasteiger partial charge in [0.25, 0.3) is 0 Å². The van der Waals surface area contributed by atoms with E-state index in [9.17, 15) is 4.11 Å².